The first-order chi connectivity index (χ1) is 15.0. The minimum atomic E-state index is -0.366. The molecule has 162 valence electrons. The minimum Gasteiger partial charge on any atom is -0.370 e. The Morgan fingerprint density at radius 2 is 1.90 bits per heavy atom. The highest BCUT2D eigenvalue weighted by atomic mass is 32.1. The van der Waals surface area contributed by atoms with Crippen LogP contribution in [0.5, 0.6) is 0 Å². The molecule has 0 bridgehead atoms. The molecule has 31 heavy (non-hydrogen) atoms. The maximum atomic E-state index is 13.9. The molecule has 2 heterocycles. The Balaban J connectivity index is 1.47. The summed E-state index contributed by atoms with van der Waals surface area (Å²) in [5, 5.41) is 10.0. The third-order valence-corrected chi connectivity index (χ3v) is 5.87. The molecule has 2 aromatic carbocycles. The van der Waals surface area contributed by atoms with E-state index in [0.29, 0.717) is 22.8 Å². The number of amides is 1. The number of halogens is 1. The number of carbonyl (C=O) groups excluding carboxylic acids is 1. The molecule has 0 radical (unpaired) electrons. The summed E-state index contributed by atoms with van der Waals surface area (Å²) in [7, 11) is 0. The molecule has 1 aromatic heterocycles. The summed E-state index contributed by atoms with van der Waals surface area (Å²) in [5.74, 6) is 0.133. The predicted octanol–water partition coefficient (Wildman–Crippen LogP) is 5.07. The third kappa shape index (κ3) is 5.02. The van der Waals surface area contributed by atoms with Crippen LogP contribution >= 0.6 is 12.2 Å². The van der Waals surface area contributed by atoms with E-state index in [1.807, 2.05) is 35.8 Å². The van der Waals surface area contributed by atoms with Crippen molar-refractivity contribution in [3.63, 3.8) is 0 Å². The number of aromatic amines is 1. The topological polar surface area (TPSA) is 66.0 Å². The molecule has 1 saturated heterocycles. The number of piperidine rings is 1. The molecule has 0 spiro atoms. The summed E-state index contributed by atoms with van der Waals surface area (Å²) in [6.07, 6.45) is 3.60. The van der Waals surface area contributed by atoms with Crippen LogP contribution in [0.25, 0.3) is 11.4 Å². The van der Waals surface area contributed by atoms with Crippen LogP contribution in [0.15, 0.2) is 42.5 Å². The fraction of sp³-hybridized carbons (Fsp3) is 0.348. The number of nitrogens with zero attached hydrogens (tertiary/aromatic N) is 3. The zero-order valence-electron chi connectivity index (χ0n) is 17.5. The Morgan fingerprint density at radius 3 is 2.65 bits per heavy atom. The number of H-pyrrole nitrogens is 1. The van der Waals surface area contributed by atoms with Gasteiger partial charge < -0.3 is 10.2 Å². The highest BCUT2D eigenvalue weighted by Gasteiger charge is 2.17. The predicted molar refractivity (Wildman–Crippen MR) is 123 cm³/mol. The molecule has 1 aliphatic heterocycles. The summed E-state index contributed by atoms with van der Waals surface area (Å²) in [6.45, 7) is 4.23. The van der Waals surface area contributed by atoms with E-state index in [1.165, 1.54) is 18.6 Å². The molecule has 8 heteroatoms. The van der Waals surface area contributed by atoms with Crippen LogP contribution in [0, 0.1) is 17.5 Å². The number of benzene rings is 2. The lowest BCUT2D eigenvalue weighted by molar-refractivity contribution is -0.116. The van der Waals surface area contributed by atoms with E-state index in [0.717, 1.165) is 42.7 Å². The van der Waals surface area contributed by atoms with Gasteiger partial charge in [0.2, 0.25) is 5.91 Å². The van der Waals surface area contributed by atoms with E-state index < -0.39 is 0 Å². The summed E-state index contributed by atoms with van der Waals surface area (Å²) in [5.41, 5.74) is 3.47. The van der Waals surface area contributed by atoms with Gasteiger partial charge in [-0.15, -0.1) is 0 Å². The van der Waals surface area contributed by atoms with Gasteiger partial charge in [0, 0.05) is 31.6 Å². The molecule has 1 amide bonds. The second-order valence-corrected chi connectivity index (χ2v) is 8.26. The standard InChI is InChI=1S/C23H26FN5OS/c1-16-5-7-17(8-6-16)22-26-27-23(31)29(22)14-11-21(30)25-19-15-18(24)9-10-20(19)28-12-3-2-4-13-28/h5-10,15H,2-4,11-14H2,1H3,(H,25,30)(H,27,31). The van der Waals surface area contributed by atoms with Gasteiger partial charge in [-0.2, -0.15) is 5.10 Å². The molecule has 2 N–H and O–H groups in total. The van der Waals surface area contributed by atoms with Crippen LogP contribution in [0.3, 0.4) is 0 Å². The first-order valence-corrected chi connectivity index (χ1v) is 11.0. The van der Waals surface area contributed by atoms with Gasteiger partial charge in [0.05, 0.1) is 11.4 Å². The second-order valence-electron chi connectivity index (χ2n) is 7.88. The van der Waals surface area contributed by atoms with Crippen LogP contribution in [-0.2, 0) is 11.3 Å². The molecule has 6 nitrogen and oxygen atoms in total. The quantitative estimate of drug-likeness (QED) is 0.526. The smallest absolute Gasteiger partial charge is 0.226 e. The van der Waals surface area contributed by atoms with E-state index in [4.69, 9.17) is 12.2 Å². The number of hydrogen-bond donors (Lipinski definition) is 2. The Hall–Kier alpha value is -3.00. The summed E-state index contributed by atoms with van der Waals surface area (Å²) < 4.78 is 16.2. The maximum Gasteiger partial charge on any atom is 0.226 e. The highest BCUT2D eigenvalue weighted by molar-refractivity contribution is 7.71. The van der Waals surface area contributed by atoms with E-state index >= 15 is 0 Å². The van der Waals surface area contributed by atoms with Crippen molar-refractivity contribution in [3.8, 4) is 11.4 Å². The number of anilines is 2. The lowest BCUT2D eigenvalue weighted by atomic mass is 10.1. The molecule has 3 aromatic rings. The molecule has 0 atom stereocenters. The average Bonchev–Trinajstić information content (AvgIpc) is 3.14. The lowest BCUT2D eigenvalue weighted by Gasteiger charge is -2.30. The fourth-order valence-electron chi connectivity index (χ4n) is 3.89. The van der Waals surface area contributed by atoms with Gasteiger partial charge in [0.1, 0.15) is 5.82 Å². The minimum absolute atomic E-state index is 0.193. The summed E-state index contributed by atoms with van der Waals surface area (Å²) in [4.78, 5) is 14.9. The molecule has 0 saturated carbocycles. The Labute approximate surface area is 186 Å². The van der Waals surface area contributed by atoms with Crippen molar-refractivity contribution in [1.82, 2.24) is 14.8 Å². The second kappa shape index (κ2) is 9.43. The number of nitrogens with one attached hydrogen (secondary N) is 2. The van der Waals surface area contributed by atoms with Gasteiger partial charge in [-0.3, -0.25) is 14.5 Å². The first kappa shape index (κ1) is 21.2. The van der Waals surface area contributed by atoms with E-state index in [2.05, 4.69) is 20.4 Å². The van der Waals surface area contributed by atoms with Crippen LogP contribution in [-0.4, -0.2) is 33.8 Å². The Morgan fingerprint density at radius 1 is 1.16 bits per heavy atom. The SMILES string of the molecule is Cc1ccc(-c2n[nH]c(=S)n2CCC(=O)Nc2cc(F)ccc2N2CCCCC2)cc1. The molecule has 4 rings (SSSR count). The van der Waals surface area contributed by atoms with Crippen molar-refractivity contribution in [2.75, 3.05) is 23.3 Å². The maximum absolute atomic E-state index is 13.9. The van der Waals surface area contributed by atoms with Crippen LogP contribution in [0.4, 0.5) is 15.8 Å². The monoisotopic (exact) mass is 439 g/mol. The Kier molecular flexibility index (Phi) is 6.46. The molecule has 0 aliphatic carbocycles. The molecular formula is C23H26FN5OS. The fourth-order valence-corrected chi connectivity index (χ4v) is 4.12. The molecule has 0 unspecified atom stereocenters. The van der Waals surface area contributed by atoms with Crippen molar-refractivity contribution in [1.29, 1.82) is 0 Å². The zero-order chi connectivity index (χ0) is 21.8. The number of carbonyl (C=O) groups is 1. The number of aromatic nitrogens is 3. The van der Waals surface area contributed by atoms with E-state index in [-0.39, 0.29) is 18.1 Å². The highest BCUT2D eigenvalue weighted by Crippen LogP contribution is 2.29. The summed E-state index contributed by atoms with van der Waals surface area (Å²) >= 11 is 5.36. The lowest BCUT2D eigenvalue weighted by Crippen LogP contribution is -2.30. The van der Waals surface area contributed by atoms with Crippen molar-refractivity contribution in [3.05, 3.63) is 58.6 Å². The van der Waals surface area contributed by atoms with Crippen molar-refractivity contribution in [2.24, 2.45) is 0 Å². The largest absolute Gasteiger partial charge is 0.370 e. The molecule has 1 fully saturated rings. The molecular weight excluding hydrogens is 413 g/mol. The third-order valence-electron chi connectivity index (χ3n) is 5.56. The van der Waals surface area contributed by atoms with Crippen molar-refractivity contribution in [2.45, 2.75) is 39.2 Å². The number of aryl methyl sites for hydroxylation is 1. The van der Waals surface area contributed by atoms with Gasteiger partial charge >= 0.3 is 0 Å². The van der Waals surface area contributed by atoms with Crippen molar-refractivity contribution < 1.29 is 9.18 Å². The molecule has 1 aliphatic rings. The van der Waals surface area contributed by atoms with Gasteiger partial charge in [-0.05, 0) is 56.6 Å². The summed E-state index contributed by atoms with van der Waals surface area (Å²) in [6, 6.07) is 12.6. The normalized spacial score (nSPS) is 13.9. The van der Waals surface area contributed by atoms with Gasteiger partial charge in [-0.1, -0.05) is 29.8 Å². The van der Waals surface area contributed by atoms with Crippen LogP contribution in [0.2, 0.25) is 0 Å². The van der Waals surface area contributed by atoms with Gasteiger partial charge in [0.25, 0.3) is 0 Å². The first-order valence-electron chi connectivity index (χ1n) is 10.6. The number of rotatable bonds is 6. The van der Waals surface area contributed by atoms with Gasteiger partial charge in [-0.25, -0.2) is 4.39 Å². The van der Waals surface area contributed by atoms with E-state index in [9.17, 15) is 9.18 Å². The number of hydrogen-bond acceptors (Lipinski definition) is 4. The van der Waals surface area contributed by atoms with E-state index in [1.54, 1.807) is 6.07 Å². The average molecular weight is 440 g/mol. The van der Waals surface area contributed by atoms with Crippen LogP contribution < -0.4 is 10.2 Å². The zero-order valence-corrected chi connectivity index (χ0v) is 18.3. The van der Waals surface area contributed by atoms with Crippen LogP contribution in [0.1, 0.15) is 31.2 Å². The van der Waals surface area contributed by atoms with Crippen molar-refractivity contribution >= 4 is 29.5 Å². The van der Waals surface area contributed by atoms with Gasteiger partial charge in [0.15, 0.2) is 10.6 Å². The Bertz CT molecular complexity index is 1120.